The number of ketones is 1. The van der Waals surface area contributed by atoms with Crippen LogP contribution in [-0.2, 0) is 5.41 Å². The van der Waals surface area contributed by atoms with E-state index in [9.17, 15) is 4.79 Å². The average molecular weight is 222 g/mol. The zero-order valence-electron chi connectivity index (χ0n) is 9.67. The van der Waals surface area contributed by atoms with Gasteiger partial charge in [0, 0.05) is 10.8 Å². The summed E-state index contributed by atoms with van der Waals surface area (Å²) >= 11 is 1.68. The number of carbonyl (C=O) groups is 1. The lowest BCUT2D eigenvalue weighted by Crippen LogP contribution is -2.21. The maximum absolute atomic E-state index is 12.0. The van der Waals surface area contributed by atoms with Crippen LogP contribution in [0.4, 0.5) is 0 Å². The Kier molecular flexibility index (Phi) is 2.72. The highest BCUT2D eigenvalue weighted by atomic mass is 32.1. The molecular weight excluding hydrogens is 204 g/mol. The second-order valence-corrected chi connectivity index (χ2v) is 6.49. The highest BCUT2D eigenvalue weighted by Gasteiger charge is 2.28. The maximum Gasteiger partial charge on any atom is 0.175 e. The molecule has 0 amide bonds. The minimum atomic E-state index is 0.169. The van der Waals surface area contributed by atoms with Crippen molar-refractivity contribution in [3.8, 4) is 0 Å². The van der Waals surface area contributed by atoms with Gasteiger partial charge in [0.15, 0.2) is 5.78 Å². The number of rotatable bonds is 2. The summed E-state index contributed by atoms with van der Waals surface area (Å²) in [5.41, 5.74) is 0.169. The molecule has 1 heterocycles. The third-order valence-electron chi connectivity index (χ3n) is 3.06. The Morgan fingerprint density at radius 2 is 2.00 bits per heavy atom. The minimum Gasteiger partial charge on any atom is -0.293 e. The van der Waals surface area contributed by atoms with E-state index in [1.54, 1.807) is 11.3 Å². The zero-order chi connectivity index (χ0) is 11.1. The molecule has 0 aliphatic heterocycles. The SMILES string of the molecule is CC(C)(C)c1ccc(C(=O)C2CCC2)s1. The van der Waals surface area contributed by atoms with Gasteiger partial charge in [-0.25, -0.2) is 0 Å². The minimum absolute atomic E-state index is 0.169. The van der Waals surface area contributed by atoms with Crippen LogP contribution in [0.3, 0.4) is 0 Å². The van der Waals surface area contributed by atoms with Gasteiger partial charge in [0.25, 0.3) is 0 Å². The van der Waals surface area contributed by atoms with Crippen molar-refractivity contribution in [2.45, 2.75) is 45.4 Å². The topological polar surface area (TPSA) is 17.1 Å². The van der Waals surface area contributed by atoms with Gasteiger partial charge in [0.05, 0.1) is 4.88 Å². The lowest BCUT2D eigenvalue weighted by molar-refractivity contribution is 0.0859. The van der Waals surface area contributed by atoms with Crippen molar-refractivity contribution in [2.24, 2.45) is 5.92 Å². The lowest BCUT2D eigenvalue weighted by Gasteiger charge is -2.23. The van der Waals surface area contributed by atoms with Crippen molar-refractivity contribution in [2.75, 3.05) is 0 Å². The molecule has 0 saturated heterocycles. The molecule has 1 saturated carbocycles. The van der Waals surface area contributed by atoms with Crippen molar-refractivity contribution in [1.82, 2.24) is 0 Å². The molecule has 0 atom stereocenters. The molecule has 1 aliphatic carbocycles. The van der Waals surface area contributed by atoms with Crippen LogP contribution in [0.5, 0.6) is 0 Å². The fourth-order valence-electron chi connectivity index (χ4n) is 1.75. The van der Waals surface area contributed by atoms with Gasteiger partial charge in [0.1, 0.15) is 0 Å². The largest absolute Gasteiger partial charge is 0.293 e. The first kappa shape index (κ1) is 10.9. The fraction of sp³-hybridized carbons (Fsp3) is 0.615. The average Bonchev–Trinajstić information content (AvgIpc) is 2.46. The van der Waals surface area contributed by atoms with Crippen molar-refractivity contribution in [3.63, 3.8) is 0 Å². The predicted molar refractivity (Wildman–Crippen MR) is 64.7 cm³/mol. The molecule has 1 fully saturated rings. The van der Waals surface area contributed by atoms with Gasteiger partial charge in [-0.2, -0.15) is 0 Å². The van der Waals surface area contributed by atoms with Crippen molar-refractivity contribution < 1.29 is 4.79 Å². The monoisotopic (exact) mass is 222 g/mol. The van der Waals surface area contributed by atoms with Gasteiger partial charge in [-0.3, -0.25) is 4.79 Å². The standard InChI is InChI=1S/C13H18OS/c1-13(2,3)11-8-7-10(15-11)12(14)9-5-4-6-9/h7-9H,4-6H2,1-3H3. The van der Waals surface area contributed by atoms with E-state index >= 15 is 0 Å². The lowest BCUT2D eigenvalue weighted by atomic mass is 9.82. The predicted octanol–water partition coefficient (Wildman–Crippen LogP) is 4.03. The van der Waals surface area contributed by atoms with Gasteiger partial charge in [0.2, 0.25) is 0 Å². The quantitative estimate of drug-likeness (QED) is 0.690. The smallest absolute Gasteiger partial charge is 0.175 e. The molecule has 82 valence electrons. The Balaban J connectivity index is 2.16. The summed E-state index contributed by atoms with van der Waals surface area (Å²) in [5.74, 6) is 0.707. The second-order valence-electron chi connectivity index (χ2n) is 5.41. The van der Waals surface area contributed by atoms with Gasteiger partial charge in [-0.15, -0.1) is 11.3 Å². The van der Waals surface area contributed by atoms with Crippen LogP contribution in [0.2, 0.25) is 0 Å². The van der Waals surface area contributed by atoms with Crippen LogP contribution in [-0.4, -0.2) is 5.78 Å². The summed E-state index contributed by atoms with van der Waals surface area (Å²) in [5, 5.41) is 0. The van der Waals surface area contributed by atoms with E-state index in [4.69, 9.17) is 0 Å². The highest BCUT2D eigenvalue weighted by molar-refractivity contribution is 7.14. The molecule has 1 aromatic heterocycles. The fourth-order valence-corrected chi connectivity index (χ4v) is 2.83. The van der Waals surface area contributed by atoms with Crippen LogP contribution >= 0.6 is 11.3 Å². The molecule has 15 heavy (non-hydrogen) atoms. The van der Waals surface area contributed by atoms with E-state index in [1.165, 1.54) is 11.3 Å². The van der Waals surface area contributed by atoms with E-state index in [1.807, 2.05) is 6.07 Å². The third-order valence-corrected chi connectivity index (χ3v) is 4.59. The second kappa shape index (κ2) is 3.75. The first-order chi connectivity index (χ1) is 6.98. The summed E-state index contributed by atoms with van der Waals surface area (Å²) in [6.07, 6.45) is 3.43. The Morgan fingerprint density at radius 1 is 1.33 bits per heavy atom. The molecule has 0 N–H and O–H groups in total. The molecule has 1 nitrogen and oxygen atoms in total. The van der Waals surface area contributed by atoms with Crippen LogP contribution in [0.1, 0.15) is 54.6 Å². The highest BCUT2D eigenvalue weighted by Crippen LogP contribution is 2.35. The molecule has 1 aromatic rings. The van der Waals surface area contributed by atoms with Gasteiger partial charge in [-0.1, -0.05) is 27.2 Å². The molecule has 2 heteroatoms. The summed E-state index contributed by atoms with van der Waals surface area (Å²) < 4.78 is 0. The summed E-state index contributed by atoms with van der Waals surface area (Å²) in [4.78, 5) is 14.3. The molecule has 1 aliphatic rings. The van der Waals surface area contributed by atoms with Gasteiger partial charge < -0.3 is 0 Å². The van der Waals surface area contributed by atoms with Crippen LogP contribution in [0.25, 0.3) is 0 Å². The van der Waals surface area contributed by atoms with Crippen LogP contribution < -0.4 is 0 Å². The number of carbonyl (C=O) groups excluding carboxylic acids is 1. The molecule has 0 spiro atoms. The van der Waals surface area contributed by atoms with Crippen LogP contribution in [0, 0.1) is 5.92 Å². The zero-order valence-corrected chi connectivity index (χ0v) is 10.5. The third kappa shape index (κ3) is 2.15. The van der Waals surface area contributed by atoms with E-state index in [0.29, 0.717) is 11.7 Å². The molecular formula is C13H18OS. The summed E-state index contributed by atoms with van der Waals surface area (Å²) in [6.45, 7) is 6.57. The summed E-state index contributed by atoms with van der Waals surface area (Å²) in [6, 6.07) is 4.11. The Labute approximate surface area is 95.5 Å². The van der Waals surface area contributed by atoms with Gasteiger partial charge >= 0.3 is 0 Å². The van der Waals surface area contributed by atoms with Crippen molar-refractivity contribution in [1.29, 1.82) is 0 Å². The van der Waals surface area contributed by atoms with Crippen molar-refractivity contribution in [3.05, 3.63) is 21.9 Å². The Hall–Kier alpha value is -0.630. The number of thiophene rings is 1. The number of hydrogen-bond acceptors (Lipinski definition) is 2. The molecule has 0 bridgehead atoms. The Morgan fingerprint density at radius 3 is 2.40 bits per heavy atom. The van der Waals surface area contributed by atoms with Crippen LogP contribution in [0.15, 0.2) is 12.1 Å². The molecule has 0 aromatic carbocycles. The molecule has 0 unspecified atom stereocenters. The van der Waals surface area contributed by atoms with Gasteiger partial charge in [-0.05, 0) is 30.4 Å². The first-order valence-electron chi connectivity index (χ1n) is 5.63. The maximum atomic E-state index is 12.0. The normalized spacial score (nSPS) is 17.5. The van der Waals surface area contributed by atoms with E-state index in [2.05, 4.69) is 26.8 Å². The Bertz CT molecular complexity index is 366. The van der Waals surface area contributed by atoms with Crippen molar-refractivity contribution >= 4 is 17.1 Å². The van der Waals surface area contributed by atoms with E-state index < -0.39 is 0 Å². The molecule has 0 radical (unpaired) electrons. The molecule has 2 rings (SSSR count). The number of hydrogen-bond donors (Lipinski definition) is 0. The first-order valence-corrected chi connectivity index (χ1v) is 6.44. The van der Waals surface area contributed by atoms with E-state index in [0.717, 1.165) is 17.7 Å². The number of Topliss-reactive ketones (excluding diaryl/α,β-unsaturated/α-hetero) is 1. The summed E-state index contributed by atoms with van der Waals surface area (Å²) in [7, 11) is 0. The van der Waals surface area contributed by atoms with E-state index in [-0.39, 0.29) is 5.41 Å².